The Bertz CT molecular complexity index is 1670. The molecule has 0 aliphatic carbocycles. The molecule has 0 spiro atoms. The molecule has 0 saturated carbocycles. The van der Waals surface area contributed by atoms with E-state index in [0.717, 1.165) is 36.2 Å². The van der Waals surface area contributed by atoms with Crippen LogP contribution in [0.5, 0.6) is 0 Å². The molecule has 1 aliphatic heterocycles. The molecule has 3 heterocycles. The second-order valence-electron chi connectivity index (χ2n) is 15.4. The Morgan fingerprint density at radius 1 is 1.02 bits per heavy atom. The van der Waals surface area contributed by atoms with Crippen molar-refractivity contribution in [3.05, 3.63) is 74.4 Å². The number of ether oxygens (including phenoxy) is 2. The number of nitrogens with one attached hydrogen (secondary N) is 2. The molecule has 3 unspecified atom stereocenters. The molecule has 56 heavy (non-hydrogen) atoms. The maximum Gasteiger partial charge on any atom is 0.306 e. The summed E-state index contributed by atoms with van der Waals surface area (Å²) in [7, 11) is 3.51. The van der Waals surface area contributed by atoms with Gasteiger partial charge >= 0.3 is 5.97 Å². The summed E-state index contributed by atoms with van der Waals surface area (Å²) in [4.78, 5) is 63.9. The van der Waals surface area contributed by atoms with Crippen molar-refractivity contribution in [3.8, 4) is 0 Å². The third-order valence-electron chi connectivity index (χ3n) is 10.8. The minimum absolute atomic E-state index is 0.0222. The van der Waals surface area contributed by atoms with Crippen LogP contribution in [0.3, 0.4) is 0 Å². The van der Waals surface area contributed by atoms with E-state index >= 15 is 0 Å². The zero-order chi connectivity index (χ0) is 40.8. The smallest absolute Gasteiger partial charge is 0.306 e. The molecule has 1 aliphatic rings. The van der Waals surface area contributed by atoms with Crippen molar-refractivity contribution in [2.75, 3.05) is 27.5 Å². The van der Waals surface area contributed by atoms with E-state index in [1.165, 1.54) is 18.4 Å². The summed E-state index contributed by atoms with van der Waals surface area (Å²) < 4.78 is 11.6. The Labute approximate surface area is 340 Å². The van der Waals surface area contributed by atoms with E-state index in [9.17, 15) is 24.3 Å². The van der Waals surface area contributed by atoms with Gasteiger partial charge in [0, 0.05) is 48.8 Å². The zero-order valence-electron chi connectivity index (χ0n) is 33.9. The molecular formula is C42H61N5O7S2. The van der Waals surface area contributed by atoms with Crippen LogP contribution in [0.4, 0.5) is 0 Å². The van der Waals surface area contributed by atoms with Gasteiger partial charge in [0.2, 0.25) is 11.8 Å². The maximum absolute atomic E-state index is 15.0. The number of aromatic nitrogens is 1. The van der Waals surface area contributed by atoms with Gasteiger partial charge in [0.1, 0.15) is 29.6 Å². The lowest BCUT2D eigenvalue weighted by Crippen LogP contribution is -2.58. The number of thiazole rings is 1. The predicted molar refractivity (Wildman–Crippen MR) is 220 cm³/mol. The number of thiophene rings is 1. The van der Waals surface area contributed by atoms with Gasteiger partial charge in [0.25, 0.3) is 5.91 Å². The molecule has 12 nitrogen and oxygen atoms in total. The van der Waals surface area contributed by atoms with Crippen LogP contribution in [0.1, 0.15) is 105 Å². The van der Waals surface area contributed by atoms with Crippen molar-refractivity contribution in [2.24, 2.45) is 17.8 Å². The van der Waals surface area contributed by atoms with Crippen molar-refractivity contribution in [1.29, 1.82) is 0 Å². The van der Waals surface area contributed by atoms with Crippen LogP contribution in [-0.4, -0.2) is 95.2 Å². The molecule has 14 heteroatoms. The zero-order valence-corrected chi connectivity index (χ0v) is 35.6. The highest BCUT2D eigenvalue weighted by molar-refractivity contribution is 7.10. The highest BCUT2D eigenvalue weighted by atomic mass is 32.1. The van der Waals surface area contributed by atoms with Gasteiger partial charge in [-0.15, -0.1) is 22.7 Å². The molecule has 1 saturated heterocycles. The second-order valence-corrected chi connectivity index (χ2v) is 17.3. The average Bonchev–Trinajstić information content (AvgIpc) is 3.89. The third kappa shape index (κ3) is 12.9. The first-order chi connectivity index (χ1) is 26.8. The van der Waals surface area contributed by atoms with E-state index in [2.05, 4.69) is 29.4 Å². The Balaban J connectivity index is 1.63. The molecule has 7 atom stereocenters. The highest BCUT2D eigenvalue weighted by Crippen LogP contribution is 2.32. The van der Waals surface area contributed by atoms with Crippen LogP contribution >= 0.6 is 22.7 Å². The van der Waals surface area contributed by atoms with E-state index in [-0.39, 0.29) is 54.6 Å². The number of nitrogens with zero attached hydrogens (tertiary/aromatic N) is 3. The number of carboxylic acids is 1. The monoisotopic (exact) mass is 811 g/mol. The van der Waals surface area contributed by atoms with Crippen molar-refractivity contribution in [3.63, 3.8) is 0 Å². The normalized spacial score (nSPS) is 18.0. The van der Waals surface area contributed by atoms with Crippen molar-refractivity contribution >= 4 is 46.4 Å². The van der Waals surface area contributed by atoms with Crippen LogP contribution < -0.4 is 10.6 Å². The Hall–Kier alpha value is -3.69. The number of carbonyl (C=O) groups excluding carboxylic acids is 3. The fourth-order valence-corrected chi connectivity index (χ4v) is 8.86. The SMILES string of the molecule is CCC(C)C(NC(=O)C1CCCCN1C)C(=O)N(Cc1ccccc1)[C@H](C[C@@H](OCOC)c1nc(C(=O)N[C@@H](Cc2cccs2)C[C@H](C)C(=O)O)cs1)C(C)C. The van der Waals surface area contributed by atoms with Gasteiger partial charge in [-0.25, -0.2) is 4.98 Å². The van der Waals surface area contributed by atoms with Crippen LogP contribution in [0.25, 0.3) is 0 Å². The van der Waals surface area contributed by atoms with Crippen LogP contribution in [0.2, 0.25) is 0 Å². The summed E-state index contributed by atoms with van der Waals surface area (Å²) in [6.45, 7) is 11.0. The summed E-state index contributed by atoms with van der Waals surface area (Å²) in [5.74, 6) is -2.36. The molecule has 308 valence electrons. The van der Waals surface area contributed by atoms with E-state index in [1.54, 1.807) is 23.6 Å². The number of aliphatic carboxylic acids is 1. The lowest BCUT2D eigenvalue weighted by molar-refractivity contribution is -0.144. The molecule has 3 aromatic rings. The largest absolute Gasteiger partial charge is 0.481 e. The number of rotatable bonds is 22. The fourth-order valence-electron chi connectivity index (χ4n) is 7.22. The first-order valence-corrected chi connectivity index (χ1v) is 21.6. The molecule has 1 fully saturated rings. The number of carbonyl (C=O) groups is 4. The molecule has 2 aromatic heterocycles. The Kier molecular flexibility index (Phi) is 17.9. The van der Waals surface area contributed by atoms with E-state index in [1.807, 2.05) is 73.6 Å². The number of methoxy groups -OCH3 is 1. The summed E-state index contributed by atoms with van der Waals surface area (Å²) in [5, 5.41) is 20.0. The number of amides is 3. The summed E-state index contributed by atoms with van der Waals surface area (Å²) in [5.41, 5.74) is 1.17. The lowest BCUT2D eigenvalue weighted by Gasteiger charge is -2.40. The average molecular weight is 812 g/mol. The Morgan fingerprint density at radius 3 is 2.39 bits per heavy atom. The van der Waals surface area contributed by atoms with Crippen LogP contribution in [0.15, 0.2) is 53.2 Å². The number of likely N-dealkylation sites (N-methyl/N-ethyl adjacent to an activating group) is 1. The van der Waals surface area contributed by atoms with Crippen molar-refractivity contribution in [2.45, 2.75) is 116 Å². The summed E-state index contributed by atoms with van der Waals surface area (Å²) in [6, 6.07) is 12.0. The first-order valence-electron chi connectivity index (χ1n) is 19.8. The van der Waals surface area contributed by atoms with Crippen molar-refractivity contribution < 1.29 is 33.8 Å². The molecule has 0 radical (unpaired) electrons. The van der Waals surface area contributed by atoms with E-state index < -0.39 is 36.0 Å². The quantitative estimate of drug-likeness (QED) is 0.0934. The first kappa shape index (κ1) is 45.0. The molecule has 4 rings (SSSR count). The van der Waals surface area contributed by atoms with Gasteiger partial charge in [0.05, 0.1) is 12.0 Å². The van der Waals surface area contributed by atoms with Gasteiger partial charge in [-0.3, -0.25) is 24.1 Å². The van der Waals surface area contributed by atoms with Gasteiger partial charge in [-0.05, 0) is 61.7 Å². The molecule has 3 amide bonds. The number of likely N-dealkylation sites (tertiary alicyclic amines) is 1. The van der Waals surface area contributed by atoms with Crippen molar-refractivity contribution in [1.82, 2.24) is 25.4 Å². The predicted octanol–water partition coefficient (Wildman–Crippen LogP) is 6.78. The topological polar surface area (TPSA) is 150 Å². The van der Waals surface area contributed by atoms with Crippen LogP contribution in [0, 0.1) is 17.8 Å². The summed E-state index contributed by atoms with van der Waals surface area (Å²) >= 11 is 2.86. The maximum atomic E-state index is 15.0. The van der Waals surface area contributed by atoms with Gasteiger partial charge in [-0.1, -0.05) is 83.9 Å². The molecule has 1 aromatic carbocycles. The van der Waals surface area contributed by atoms with E-state index in [0.29, 0.717) is 30.8 Å². The molecule has 0 bridgehead atoms. The molecular weight excluding hydrogens is 751 g/mol. The number of carboxylic acid groups (broad SMARTS) is 1. The number of hydrogen-bond acceptors (Lipinski definition) is 10. The van der Waals surface area contributed by atoms with E-state index in [4.69, 9.17) is 14.5 Å². The van der Waals surface area contributed by atoms with Gasteiger partial charge in [0.15, 0.2) is 0 Å². The highest BCUT2D eigenvalue weighted by Gasteiger charge is 2.38. The van der Waals surface area contributed by atoms with Gasteiger partial charge in [-0.2, -0.15) is 0 Å². The minimum Gasteiger partial charge on any atom is -0.481 e. The minimum atomic E-state index is -0.918. The fraction of sp³-hybridized carbons (Fsp3) is 0.595. The summed E-state index contributed by atoms with van der Waals surface area (Å²) in [6.07, 6.45) is 4.00. The second kappa shape index (κ2) is 22.3. The standard InChI is InChI=1S/C42H61N5O7S2/c1-8-28(4)37(45-39(49)34-18-12-13-19-46(34)6)41(50)47(24-30-15-10-9-11-16-30)35(27(2)3)23-36(54-26-53-7)40-44-33(25-56-40)38(48)43-31(21-29(5)42(51)52)22-32-17-14-20-55-32/h9-11,14-17,20,25,27-29,31,34-37H,8,12-13,18-19,21-24,26H2,1-7H3,(H,43,48)(H,45,49)(H,51,52)/t28?,29-,31+,34?,35+,36+,37?/m0/s1. The Morgan fingerprint density at radius 2 is 1.77 bits per heavy atom. The number of hydrogen-bond donors (Lipinski definition) is 3. The van der Waals surface area contributed by atoms with Crippen LogP contribution in [-0.2, 0) is 36.8 Å². The lowest BCUT2D eigenvalue weighted by atomic mass is 9.91. The number of piperidine rings is 1. The third-order valence-corrected chi connectivity index (χ3v) is 12.6. The molecule has 3 N–H and O–H groups in total. The van der Waals surface area contributed by atoms with Gasteiger partial charge < -0.3 is 30.1 Å². The number of benzene rings is 1.